The second kappa shape index (κ2) is 9.83. The van der Waals surface area contributed by atoms with Gasteiger partial charge in [-0.3, -0.25) is 14.9 Å². The lowest BCUT2D eigenvalue weighted by Crippen LogP contribution is -2.42. The van der Waals surface area contributed by atoms with Crippen LogP contribution in [0.15, 0.2) is 83.4 Å². The van der Waals surface area contributed by atoms with Crippen LogP contribution in [0, 0.1) is 5.82 Å². The van der Waals surface area contributed by atoms with E-state index in [1.54, 1.807) is 18.2 Å². The van der Waals surface area contributed by atoms with Gasteiger partial charge < -0.3 is 14.7 Å². The summed E-state index contributed by atoms with van der Waals surface area (Å²) >= 11 is 0. The quantitative estimate of drug-likeness (QED) is 0.381. The fourth-order valence-corrected chi connectivity index (χ4v) is 4.22. The number of carbonyl (C=O) groups excluding carboxylic acids is 3. The third-order valence-corrected chi connectivity index (χ3v) is 6.03. The number of benzene rings is 3. The van der Waals surface area contributed by atoms with Crippen molar-refractivity contribution in [3.63, 3.8) is 0 Å². The van der Waals surface area contributed by atoms with E-state index >= 15 is 0 Å². The molecule has 1 aliphatic rings. The SMILES string of the molecule is O=CNC(=O)N[C@@H](CN1Cc2ccc(F)cc2C1=O)c1ccc(-c2cc(-c3ccccc3)no2)cc1. The van der Waals surface area contributed by atoms with E-state index in [1.165, 1.54) is 17.0 Å². The fraction of sp³-hybridized carbons (Fsp3) is 0.111. The van der Waals surface area contributed by atoms with Gasteiger partial charge in [-0.25, -0.2) is 9.18 Å². The van der Waals surface area contributed by atoms with Crippen molar-refractivity contribution < 1.29 is 23.3 Å². The van der Waals surface area contributed by atoms with Gasteiger partial charge in [0, 0.05) is 35.8 Å². The molecule has 4 amide bonds. The molecular weight excluding hydrogens is 463 g/mol. The molecule has 0 unspecified atom stereocenters. The van der Waals surface area contributed by atoms with Crippen molar-refractivity contribution in [1.82, 2.24) is 20.7 Å². The number of fused-ring (bicyclic) bond motifs is 1. The van der Waals surface area contributed by atoms with Crippen LogP contribution in [0.4, 0.5) is 9.18 Å². The number of imide groups is 1. The average molecular weight is 484 g/mol. The summed E-state index contributed by atoms with van der Waals surface area (Å²) < 4.78 is 19.2. The summed E-state index contributed by atoms with van der Waals surface area (Å²) in [5, 5.41) is 8.91. The minimum absolute atomic E-state index is 0.126. The lowest BCUT2D eigenvalue weighted by atomic mass is 10.0. The van der Waals surface area contributed by atoms with Crippen LogP contribution in [0.25, 0.3) is 22.6 Å². The molecule has 0 saturated heterocycles. The normalized spacial score (nSPS) is 13.2. The monoisotopic (exact) mass is 484 g/mol. The lowest BCUT2D eigenvalue weighted by molar-refractivity contribution is -0.108. The highest BCUT2D eigenvalue weighted by Crippen LogP contribution is 2.29. The third-order valence-electron chi connectivity index (χ3n) is 6.03. The predicted octanol–water partition coefficient (Wildman–Crippen LogP) is 4.30. The van der Waals surface area contributed by atoms with Crippen LogP contribution in [-0.2, 0) is 11.3 Å². The molecule has 0 radical (unpaired) electrons. The Morgan fingerprint density at radius 1 is 1.06 bits per heavy atom. The predicted molar refractivity (Wildman–Crippen MR) is 129 cm³/mol. The molecule has 2 heterocycles. The molecule has 0 fully saturated rings. The number of nitrogens with one attached hydrogen (secondary N) is 2. The first-order valence-electron chi connectivity index (χ1n) is 11.2. The Bertz CT molecular complexity index is 1420. The van der Waals surface area contributed by atoms with Gasteiger partial charge in [0.2, 0.25) is 6.41 Å². The molecule has 1 atom stereocenters. The Balaban J connectivity index is 1.37. The van der Waals surface area contributed by atoms with E-state index in [4.69, 9.17) is 4.52 Å². The highest BCUT2D eigenvalue weighted by molar-refractivity contribution is 5.98. The first-order chi connectivity index (χ1) is 17.5. The van der Waals surface area contributed by atoms with Gasteiger partial charge in [0.1, 0.15) is 11.5 Å². The summed E-state index contributed by atoms with van der Waals surface area (Å²) in [6, 6.07) is 21.6. The molecule has 2 N–H and O–H groups in total. The zero-order valence-electron chi connectivity index (χ0n) is 19.0. The van der Waals surface area contributed by atoms with Gasteiger partial charge in [0.25, 0.3) is 5.91 Å². The van der Waals surface area contributed by atoms with Gasteiger partial charge in [-0.15, -0.1) is 0 Å². The summed E-state index contributed by atoms with van der Waals surface area (Å²) in [5.74, 6) is -0.225. The molecule has 0 aliphatic carbocycles. The van der Waals surface area contributed by atoms with Gasteiger partial charge in [-0.1, -0.05) is 65.8 Å². The number of rotatable bonds is 7. The number of aromatic nitrogens is 1. The Labute approximate surface area is 205 Å². The maximum Gasteiger partial charge on any atom is 0.321 e. The van der Waals surface area contributed by atoms with Crippen LogP contribution >= 0.6 is 0 Å². The summed E-state index contributed by atoms with van der Waals surface area (Å²) in [6.45, 7) is 0.418. The molecule has 180 valence electrons. The highest BCUT2D eigenvalue weighted by Gasteiger charge is 2.30. The Morgan fingerprint density at radius 3 is 2.58 bits per heavy atom. The molecule has 0 spiro atoms. The van der Waals surface area contributed by atoms with Crippen LogP contribution in [0.2, 0.25) is 0 Å². The van der Waals surface area contributed by atoms with E-state index in [2.05, 4.69) is 15.8 Å². The number of hydrogen-bond acceptors (Lipinski definition) is 5. The minimum Gasteiger partial charge on any atom is -0.356 e. The van der Waals surface area contributed by atoms with Gasteiger partial charge in [0.05, 0.1) is 6.04 Å². The zero-order valence-corrected chi connectivity index (χ0v) is 19.0. The average Bonchev–Trinajstić information content (AvgIpc) is 3.50. The van der Waals surface area contributed by atoms with Gasteiger partial charge in [-0.05, 0) is 23.3 Å². The Hall–Kier alpha value is -4.79. The maximum atomic E-state index is 13.6. The molecular formula is C27H21FN4O4. The molecule has 5 rings (SSSR count). The molecule has 1 aromatic heterocycles. The molecule has 1 aliphatic heterocycles. The Morgan fingerprint density at radius 2 is 1.83 bits per heavy atom. The van der Waals surface area contributed by atoms with Crippen LogP contribution < -0.4 is 10.6 Å². The Kier molecular flexibility index (Phi) is 6.27. The molecule has 8 nitrogen and oxygen atoms in total. The minimum atomic E-state index is -0.697. The van der Waals surface area contributed by atoms with Crippen molar-refractivity contribution in [1.29, 1.82) is 0 Å². The second-order valence-electron chi connectivity index (χ2n) is 8.34. The van der Waals surface area contributed by atoms with Crippen molar-refractivity contribution >= 4 is 18.3 Å². The van der Waals surface area contributed by atoms with Crippen LogP contribution in [0.1, 0.15) is 27.5 Å². The van der Waals surface area contributed by atoms with Crippen molar-refractivity contribution in [2.75, 3.05) is 6.54 Å². The molecule has 9 heteroatoms. The highest BCUT2D eigenvalue weighted by atomic mass is 19.1. The molecule has 0 bridgehead atoms. The number of urea groups is 1. The first kappa shape index (κ1) is 23.0. The van der Waals surface area contributed by atoms with E-state index in [0.29, 0.717) is 34.7 Å². The molecule has 36 heavy (non-hydrogen) atoms. The second-order valence-corrected chi connectivity index (χ2v) is 8.34. The van der Waals surface area contributed by atoms with E-state index in [1.807, 2.05) is 48.5 Å². The molecule has 0 saturated carbocycles. The van der Waals surface area contributed by atoms with Crippen molar-refractivity contribution in [3.05, 3.63) is 101 Å². The topological polar surface area (TPSA) is 105 Å². The van der Waals surface area contributed by atoms with Crippen LogP contribution in [0.5, 0.6) is 0 Å². The van der Waals surface area contributed by atoms with Gasteiger partial charge in [0.15, 0.2) is 5.76 Å². The van der Waals surface area contributed by atoms with Gasteiger partial charge in [-0.2, -0.15) is 0 Å². The lowest BCUT2D eigenvalue weighted by Gasteiger charge is -2.25. The zero-order chi connectivity index (χ0) is 25.1. The van der Waals surface area contributed by atoms with Gasteiger partial charge >= 0.3 is 6.03 Å². The summed E-state index contributed by atoms with van der Waals surface area (Å²) in [7, 11) is 0. The standard InChI is InChI=1S/C27H21FN4O4/c28-21-11-10-20-14-32(26(34)22(20)12-21)15-24(30-27(35)29-16-33)18-6-8-19(9-7-18)25-13-23(31-36-25)17-4-2-1-3-5-17/h1-13,16,24H,14-15H2,(H2,29,30,33,35)/t24-/m0/s1. The summed E-state index contributed by atoms with van der Waals surface area (Å²) in [6.07, 6.45) is 0.281. The smallest absolute Gasteiger partial charge is 0.321 e. The van der Waals surface area contributed by atoms with E-state index in [0.717, 1.165) is 11.1 Å². The van der Waals surface area contributed by atoms with E-state index in [-0.39, 0.29) is 18.9 Å². The van der Waals surface area contributed by atoms with E-state index in [9.17, 15) is 18.8 Å². The van der Waals surface area contributed by atoms with Crippen LogP contribution in [-0.4, -0.2) is 34.9 Å². The number of hydrogen-bond donors (Lipinski definition) is 2. The maximum absolute atomic E-state index is 13.6. The fourth-order valence-electron chi connectivity index (χ4n) is 4.22. The summed E-state index contributed by atoms with van der Waals surface area (Å²) in [5.41, 5.74) is 4.16. The number of nitrogens with zero attached hydrogens (tertiary/aromatic N) is 2. The van der Waals surface area contributed by atoms with Crippen LogP contribution in [0.3, 0.4) is 0 Å². The molecule has 4 aromatic rings. The number of amides is 4. The van der Waals surface area contributed by atoms with Crippen molar-refractivity contribution in [2.24, 2.45) is 0 Å². The van der Waals surface area contributed by atoms with E-state index < -0.39 is 17.9 Å². The summed E-state index contributed by atoms with van der Waals surface area (Å²) in [4.78, 5) is 37.2. The first-order valence-corrected chi connectivity index (χ1v) is 11.2. The molecule has 3 aromatic carbocycles. The third kappa shape index (κ3) is 4.72. The largest absolute Gasteiger partial charge is 0.356 e. The number of carbonyl (C=O) groups is 3. The van der Waals surface area contributed by atoms with Crippen molar-refractivity contribution in [2.45, 2.75) is 12.6 Å². The van der Waals surface area contributed by atoms with Crippen molar-refractivity contribution in [3.8, 4) is 22.6 Å². The number of halogens is 1.